The summed E-state index contributed by atoms with van der Waals surface area (Å²) in [6.45, 7) is 2.87. The highest BCUT2D eigenvalue weighted by Crippen LogP contribution is 2.10. The normalized spacial score (nSPS) is 10.7. The minimum Gasteiger partial charge on any atom is -0.466 e. The molecule has 0 saturated heterocycles. The second-order valence-corrected chi connectivity index (χ2v) is 6.34. The van der Waals surface area contributed by atoms with Crippen LogP contribution in [0.15, 0.2) is 0 Å². The fourth-order valence-corrected chi connectivity index (χ4v) is 2.61. The quantitative estimate of drug-likeness (QED) is 0.205. The van der Waals surface area contributed by atoms with Gasteiger partial charge in [-0.3, -0.25) is 4.79 Å². The number of hydrogen-bond acceptors (Lipinski definition) is 2. The van der Waals surface area contributed by atoms with Crippen LogP contribution in [0.1, 0.15) is 90.4 Å². The Labute approximate surface area is 134 Å². The Morgan fingerprint density at radius 3 is 1.95 bits per heavy atom. The van der Waals surface area contributed by atoms with Crippen molar-refractivity contribution in [3.8, 4) is 0 Å². The molecule has 120 valence electrons. The van der Waals surface area contributed by atoms with E-state index in [9.17, 15) is 4.79 Å². The fourth-order valence-electron chi connectivity index (χ4n) is 2.21. The Hall–Kier alpha value is -0.0500. The van der Waals surface area contributed by atoms with Gasteiger partial charge in [0.15, 0.2) is 0 Å². The Bertz CT molecular complexity index is 207. The summed E-state index contributed by atoms with van der Waals surface area (Å²) in [6, 6.07) is 0. The number of esters is 1. The largest absolute Gasteiger partial charge is 0.466 e. The van der Waals surface area contributed by atoms with E-state index in [1.807, 2.05) is 0 Å². The van der Waals surface area contributed by atoms with Crippen LogP contribution in [0.5, 0.6) is 0 Å². The molecule has 3 heteroatoms. The highest BCUT2D eigenvalue weighted by molar-refractivity contribution is 9.09. The predicted molar refractivity (Wildman–Crippen MR) is 90.4 cm³/mol. The van der Waals surface area contributed by atoms with Gasteiger partial charge in [-0.2, -0.15) is 0 Å². The first kappa shape index (κ1) is 19.9. The van der Waals surface area contributed by atoms with Gasteiger partial charge < -0.3 is 4.74 Å². The summed E-state index contributed by atoms with van der Waals surface area (Å²) in [5.41, 5.74) is 0. The van der Waals surface area contributed by atoms with Crippen LogP contribution in [0.4, 0.5) is 0 Å². The molecule has 0 atom stereocenters. The maximum Gasteiger partial charge on any atom is 0.305 e. The number of ether oxygens (including phenoxy) is 1. The van der Waals surface area contributed by atoms with Gasteiger partial charge in [-0.15, -0.1) is 0 Å². The van der Waals surface area contributed by atoms with E-state index >= 15 is 0 Å². The average molecular weight is 349 g/mol. The summed E-state index contributed by atoms with van der Waals surface area (Å²) >= 11 is 3.39. The highest BCUT2D eigenvalue weighted by Gasteiger charge is 2.01. The Kier molecular flexibility index (Phi) is 17.0. The van der Waals surface area contributed by atoms with Crippen molar-refractivity contribution in [2.75, 3.05) is 11.9 Å². The van der Waals surface area contributed by atoms with Crippen LogP contribution in [0.25, 0.3) is 0 Å². The molecule has 0 fully saturated rings. The maximum absolute atomic E-state index is 11.4. The summed E-state index contributed by atoms with van der Waals surface area (Å²) < 4.78 is 5.23. The zero-order chi connectivity index (χ0) is 14.9. The molecule has 0 bridgehead atoms. The van der Waals surface area contributed by atoms with Crippen molar-refractivity contribution in [3.63, 3.8) is 0 Å². The van der Waals surface area contributed by atoms with Crippen LogP contribution in [-0.2, 0) is 9.53 Å². The molecular formula is C17H33BrO2. The van der Waals surface area contributed by atoms with Crippen LogP contribution in [0, 0.1) is 0 Å². The minimum absolute atomic E-state index is 0.0147. The van der Waals surface area contributed by atoms with Gasteiger partial charge in [-0.1, -0.05) is 80.6 Å². The molecule has 0 heterocycles. The lowest BCUT2D eigenvalue weighted by atomic mass is 10.1. The molecule has 0 radical (unpaired) electrons. The smallest absolute Gasteiger partial charge is 0.305 e. The predicted octanol–water partition coefficient (Wildman–Crippen LogP) is 6.02. The number of hydrogen-bond donors (Lipinski definition) is 0. The molecule has 0 aromatic rings. The summed E-state index contributed by atoms with van der Waals surface area (Å²) in [7, 11) is 0. The van der Waals surface area contributed by atoms with Gasteiger partial charge >= 0.3 is 5.97 Å². The lowest BCUT2D eigenvalue weighted by molar-refractivity contribution is -0.143. The molecule has 0 rings (SSSR count). The maximum atomic E-state index is 11.4. The van der Waals surface area contributed by atoms with Crippen molar-refractivity contribution in [1.82, 2.24) is 0 Å². The fraction of sp³-hybridized carbons (Fsp3) is 0.941. The molecular weight excluding hydrogens is 316 g/mol. The van der Waals surface area contributed by atoms with Gasteiger partial charge in [-0.05, 0) is 19.3 Å². The van der Waals surface area contributed by atoms with Gasteiger partial charge in [0.25, 0.3) is 0 Å². The van der Waals surface area contributed by atoms with E-state index in [2.05, 4.69) is 22.9 Å². The molecule has 0 unspecified atom stereocenters. The monoisotopic (exact) mass is 348 g/mol. The van der Waals surface area contributed by atoms with E-state index in [1.54, 1.807) is 0 Å². The van der Waals surface area contributed by atoms with Crippen LogP contribution >= 0.6 is 15.9 Å². The van der Waals surface area contributed by atoms with E-state index in [1.165, 1.54) is 51.4 Å². The van der Waals surface area contributed by atoms with Crippen molar-refractivity contribution in [1.29, 1.82) is 0 Å². The third kappa shape index (κ3) is 16.0. The summed E-state index contributed by atoms with van der Waals surface area (Å²) in [6.07, 6.45) is 15.5. The molecule has 0 saturated carbocycles. The number of halogens is 1. The number of carbonyl (C=O) groups excluding carboxylic acids is 1. The minimum atomic E-state index is -0.0147. The first-order valence-corrected chi connectivity index (χ1v) is 9.65. The number of unbranched alkanes of at least 4 members (excludes halogenated alkanes) is 10. The topological polar surface area (TPSA) is 26.3 Å². The van der Waals surface area contributed by atoms with E-state index in [4.69, 9.17) is 4.74 Å². The van der Waals surface area contributed by atoms with Crippen LogP contribution in [0.2, 0.25) is 0 Å². The molecule has 0 aliphatic heterocycles. The average Bonchev–Trinajstić information content (AvgIpc) is 2.45. The van der Waals surface area contributed by atoms with Crippen molar-refractivity contribution in [2.24, 2.45) is 0 Å². The zero-order valence-electron chi connectivity index (χ0n) is 13.3. The molecule has 0 amide bonds. The lowest BCUT2D eigenvalue weighted by Crippen LogP contribution is -2.05. The molecule has 0 aromatic carbocycles. The molecule has 0 aliphatic rings. The first-order valence-electron chi connectivity index (χ1n) is 8.52. The van der Waals surface area contributed by atoms with Gasteiger partial charge in [0.1, 0.15) is 0 Å². The zero-order valence-corrected chi connectivity index (χ0v) is 14.9. The highest BCUT2D eigenvalue weighted by atomic mass is 79.9. The van der Waals surface area contributed by atoms with Gasteiger partial charge in [-0.25, -0.2) is 0 Å². The second kappa shape index (κ2) is 17.0. The van der Waals surface area contributed by atoms with Crippen molar-refractivity contribution >= 4 is 21.9 Å². The molecule has 0 N–H and O–H groups in total. The molecule has 2 nitrogen and oxygen atoms in total. The molecule has 20 heavy (non-hydrogen) atoms. The molecule has 0 spiro atoms. The van der Waals surface area contributed by atoms with Gasteiger partial charge in [0, 0.05) is 11.8 Å². The number of carbonyl (C=O) groups is 1. The van der Waals surface area contributed by atoms with Gasteiger partial charge in [0.05, 0.1) is 6.61 Å². The number of rotatable bonds is 15. The summed E-state index contributed by atoms with van der Waals surface area (Å²) in [5, 5.41) is 1.03. The standard InChI is InChI=1S/C17H33BrO2/c1-2-3-4-5-6-7-8-9-13-16-20-17(19)14-11-10-12-15-18/h2-16H2,1H3. The van der Waals surface area contributed by atoms with E-state index in [-0.39, 0.29) is 5.97 Å². The number of alkyl halides is 1. The third-order valence-electron chi connectivity index (χ3n) is 3.53. The Morgan fingerprint density at radius 1 is 0.800 bits per heavy atom. The van der Waals surface area contributed by atoms with Crippen molar-refractivity contribution in [3.05, 3.63) is 0 Å². The lowest BCUT2D eigenvalue weighted by Gasteiger charge is -2.05. The Morgan fingerprint density at radius 2 is 1.35 bits per heavy atom. The molecule has 0 aliphatic carbocycles. The van der Waals surface area contributed by atoms with E-state index < -0.39 is 0 Å². The van der Waals surface area contributed by atoms with E-state index in [0.717, 1.165) is 31.0 Å². The van der Waals surface area contributed by atoms with Gasteiger partial charge in [0.2, 0.25) is 0 Å². The van der Waals surface area contributed by atoms with Crippen molar-refractivity contribution in [2.45, 2.75) is 90.4 Å². The first-order chi connectivity index (χ1) is 9.81. The van der Waals surface area contributed by atoms with E-state index in [0.29, 0.717) is 13.0 Å². The molecule has 0 aromatic heterocycles. The second-order valence-electron chi connectivity index (χ2n) is 5.55. The summed E-state index contributed by atoms with van der Waals surface area (Å²) in [4.78, 5) is 11.4. The Balaban J connectivity index is 3.09. The summed E-state index contributed by atoms with van der Waals surface area (Å²) in [5.74, 6) is -0.0147. The SMILES string of the molecule is CCCCCCCCCCCOC(=O)CCCCCBr. The van der Waals surface area contributed by atoms with Crippen LogP contribution in [-0.4, -0.2) is 17.9 Å². The van der Waals surface area contributed by atoms with Crippen molar-refractivity contribution < 1.29 is 9.53 Å². The third-order valence-corrected chi connectivity index (χ3v) is 4.09. The van der Waals surface area contributed by atoms with Crippen LogP contribution < -0.4 is 0 Å². The van der Waals surface area contributed by atoms with Crippen LogP contribution in [0.3, 0.4) is 0 Å².